The first-order valence-electron chi connectivity index (χ1n) is 19.7. The van der Waals surface area contributed by atoms with Gasteiger partial charge < -0.3 is 19.3 Å². The number of hydrogen-bond acceptors (Lipinski definition) is 11. The van der Waals surface area contributed by atoms with Gasteiger partial charge in [0.2, 0.25) is 17.8 Å². The van der Waals surface area contributed by atoms with E-state index in [1.165, 1.54) is 0 Å². The molecule has 1 atom stereocenters. The zero-order valence-electron chi connectivity index (χ0n) is 32.4. The van der Waals surface area contributed by atoms with E-state index < -0.39 is 29.7 Å². The molecule has 13 nitrogen and oxygen atoms in total. The van der Waals surface area contributed by atoms with Crippen molar-refractivity contribution >= 4 is 46.9 Å². The molecule has 298 valence electrons. The molecule has 4 aromatic rings. The van der Waals surface area contributed by atoms with Crippen molar-refractivity contribution in [3.63, 3.8) is 0 Å². The number of benzene rings is 3. The zero-order valence-corrected chi connectivity index (χ0v) is 33.2. The summed E-state index contributed by atoms with van der Waals surface area (Å²) < 4.78 is 12.7. The van der Waals surface area contributed by atoms with Gasteiger partial charge in [0.25, 0.3) is 11.8 Å². The summed E-state index contributed by atoms with van der Waals surface area (Å²) >= 11 is 6.29. The van der Waals surface area contributed by atoms with Gasteiger partial charge in [0.15, 0.2) is 0 Å². The molecule has 1 aromatic heterocycles. The Balaban J connectivity index is 0.794. The number of nitrogens with zero attached hydrogens (tertiary/aromatic N) is 6. The van der Waals surface area contributed by atoms with Crippen LogP contribution in [0.3, 0.4) is 0 Å². The summed E-state index contributed by atoms with van der Waals surface area (Å²) in [4.78, 5) is 65.2. The van der Waals surface area contributed by atoms with E-state index in [4.69, 9.17) is 26.1 Å². The first-order chi connectivity index (χ1) is 28.0. The molecule has 1 unspecified atom stereocenters. The van der Waals surface area contributed by atoms with Crippen LogP contribution in [-0.2, 0) is 26.3 Å². The van der Waals surface area contributed by atoms with E-state index in [9.17, 15) is 24.4 Å². The number of carbonyl (C=O) groups excluding carboxylic acids is 4. The third-order valence-electron chi connectivity index (χ3n) is 11.8. The van der Waals surface area contributed by atoms with Crippen molar-refractivity contribution in [2.24, 2.45) is 0 Å². The Kier molecular flexibility index (Phi) is 10.9. The van der Waals surface area contributed by atoms with E-state index in [1.54, 1.807) is 24.4 Å². The molecule has 8 rings (SSSR count). The van der Waals surface area contributed by atoms with Crippen LogP contribution in [0.2, 0.25) is 5.02 Å². The van der Waals surface area contributed by atoms with Crippen LogP contribution in [0.1, 0.15) is 95.5 Å². The second-order valence-electron chi connectivity index (χ2n) is 15.8. The summed E-state index contributed by atoms with van der Waals surface area (Å²) in [5.74, 6) is -0.606. The maximum Gasteiger partial charge on any atom is 0.262 e. The van der Waals surface area contributed by atoms with Gasteiger partial charge in [-0.3, -0.25) is 29.4 Å². The van der Waals surface area contributed by atoms with Gasteiger partial charge in [0, 0.05) is 54.9 Å². The van der Waals surface area contributed by atoms with E-state index >= 15 is 0 Å². The first-order valence-corrected chi connectivity index (χ1v) is 20.1. The third-order valence-corrected chi connectivity index (χ3v) is 12.0. The maximum atomic E-state index is 13.3. The number of imide groups is 2. The molecule has 1 N–H and O–H groups in total. The summed E-state index contributed by atoms with van der Waals surface area (Å²) in [6, 6.07) is 21.7. The van der Waals surface area contributed by atoms with Crippen molar-refractivity contribution in [3.05, 3.63) is 111 Å². The number of aromatic nitrogens is 2. The van der Waals surface area contributed by atoms with Gasteiger partial charge in [-0.1, -0.05) is 37.6 Å². The largest absolute Gasteiger partial charge is 0.487 e. The predicted octanol–water partition coefficient (Wildman–Crippen LogP) is 5.96. The highest BCUT2D eigenvalue weighted by Gasteiger charge is 2.45. The number of amides is 4. The topological polar surface area (TPSA) is 158 Å². The van der Waals surface area contributed by atoms with Crippen molar-refractivity contribution in [2.75, 3.05) is 36.0 Å². The molecule has 58 heavy (non-hydrogen) atoms. The van der Waals surface area contributed by atoms with Gasteiger partial charge >= 0.3 is 0 Å². The smallest absolute Gasteiger partial charge is 0.262 e. The number of ether oxygens (including phenoxy) is 2. The average Bonchev–Trinajstić information content (AvgIpc) is 3.48. The minimum atomic E-state index is -0.982. The Labute approximate surface area is 341 Å². The number of rotatable bonds is 10. The second-order valence-corrected chi connectivity index (χ2v) is 16.2. The fourth-order valence-corrected chi connectivity index (χ4v) is 8.53. The normalized spacial score (nSPS) is 19.3. The van der Waals surface area contributed by atoms with Gasteiger partial charge in [0.05, 0.1) is 40.7 Å². The summed E-state index contributed by atoms with van der Waals surface area (Å²) in [5, 5.41) is 12.2. The van der Waals surface area contributed by atoms with Gasteiger partial charge in [-0.25, -0.2) is 9.97 Å². The Morgan fingerprint density at radius 1 is 0.828 bits per heavy atom. The molecule has 4 aliphatic rings. The van der Waals surface area contributed by atoms with Crippen molar-refractivity contribution in [2.45, 2.75) is 82.6 Å². The quantitative estimate of drug-likeness (QED) is 0.189. The van der Waals surface area contributed by atoms with Crippen LogP contribution in [0.15, 0.2) is 72.9 Å². The van der Waals surface area contributed by atoms with Gasteiger partial charge in [0.1, 0.15) is 18.4 Å². The van der Waals surface area contributed by atoms with E-state index in [1.807, 2.05) is 48.5 Å². The van der Waals surface area contributed by atoms with Crippen molar-refractivity contribution < 1.29 is 28.7 Å². The van der Waals surface area contributed by atoms with Crippen LogP contribution in [-0.4, -0.2) is 82.9 Å². The fraction of sp³-hybridized carbons (Fsp3) is 0.386. The molecule has 14 heteroatoms. The number of anilines is 2. The molecule has 0 bridgehead atoms. The molecular weight excluding hydrogens is 758 g/mol. The van der Waals surface area contributed by atoms with Crippen LogP contribution >= 0.6 is 11.6 Å². The lowest BCUT2D eigenvalue weighted by Crippen LogP contribution is -2.54. The van der Waals surface area contributed by atoms with Crippen LogP contribution in [0.5, 0.6) is 5.75 Å². The summed E-state index contributed by atoms with van der Waals surface area (Å²) in [5.41, 5.74) is 4.42. The number of halogens is 1. The minimum Gasteiger partial charge on any atom is -0.487 e. The molecular formula is C44H44ClN7O6. The Morgan fingerprint density at radius 2 is 1.52 bits per heavy atom. The highest BCUT2D eigenvalue weighted by Crippen LogP contribution is 2.35. The van der Waals surface area contributed by atoms with E-state index in [0.29, 0.717) is 23.1 Å². The average molecular weight is 802 g/mol. The molecule has 0 saturated carbocycles. The van der Waals surface area contributed by atoms with Gasteiger partial charge in [-0.2, -0.15) is 5.26 Å². The maximum absolute atomic E-state index is 13.3. The molecule has 4 aliphatic heterocycles. The van der Waals surface area contributed by atoms with Crippen molar-refractivity contribution in [1.82, 2.24) is 20.2 Å². The SMILES string of the molecule is CC(C)(c1ccc(OCc2ccnc(N3CCC(OC4CCN(c5ccc6c(c5)C(=O)N(C5CCC(=O)NC5=O)C6=O)CC4)CC3)n2)cc1)c1cc(Cl)cc(C#N)c1. The minimum absolute atomic E-state index is 0.0852. The summed E-state index contributed by atoms with van der Waals surface area (Å²) in [6.45, 7) is 7.58. The number of nitrogens with one attached hydrogen (secondary N) is 1. The molecule has 3 saturated heterocycles. The number of hydrogen-bond donors (Lipinski definition) is 1. The molecule has 3 fully saturated rings. The Hall–Kier alpha value is -5.84. The lowest BCUT2D eigenvalue weighted by molar-refractivity contribution is -0.136. The first kappa shape index (κ1) is 39.0. The van der Waals surface area contributed by atoms with Crippen LogP contribution in [0.4, 0.5) is 11.6 Å². The zero-order chi connectivity index (χ0) is 40.6. The standard InChI is InChI=1S/C44H44ClN7O6/c1-44(2,29-21-27(25-46)22-30(45)23-29)28-3-6-33(7-4-28)57-26-31-11-16-47-43(48-31)51-19-14-35(15-20-51)58-34-12-17-50(18-13-34)32-5-8-36-37(24-32)42(56)52(41(36)55)38-9-10-39(53)49-40(38)54/h3-8,11,16,21-24,34-35,38H,9-10,12-15,17-20,26H2,1-2H3,(H,49,53,54). The number of piperidine rings is 3. The number of fused-ring (bicyclic) bond motifs is 1. The van der Waals surface area contributed by atoms with Crippen molar-refractivity contribution in [3.8, 4) is 11.8 Å². The monoisotopic (exact) mass is 801 g/mol. The summed E-state index contributed by atoms with van der Waals surface area (Å²) in [6.07, 6.45) is 5.65. The predicted molar refractivity (Wildman–Crippen MR) is 216 cm³/mol. The number of nitriles is 1. The highest BCUT2D eigenvalue weighted by atomic mass is 35.5. The van der Waals surface area contributed by atoms with Crippen LogP contribution in [0, 0.1) is 11.3 Å². The van der Waals surface area contributed by atoms with E-state index in [0.717, 1.165) is 85.0 Å². The Morgan fingerprint density at radius 3 is 2.21 bits per heavy atom. The van der Waals surface area contributed by atoms with Crippen molar-refractivity contribution in [1.29, 1.82) is 5.26 Å². The number of carbonyl (C=O) groups is 4. The Bertz CT molecular complexity index is 2290. The van der Waals surface area contributed by atoms with Gasteiger partial charge in [-0.15, -0.1) is 0 Å². The fourth-order valence-electron chi connectivity index (χ4n) is 8.29. The molecule has 3 aromatic carbocycles. The molecule has 5 heterocycles. The molecule has 0 aliphatic carbocycles. The molecule has 4 amide bonds. The third kappa shape index (κ3) is 7.99. The lowest BCUT2D eigenvalue weighted by atomic mass is 9.78. The van der Waals surface area contributed by atoms with E-state index in [-0.39, 0.29) is 41.6 Å². The lowest BCUT2D eigenvalue weighted by Gasteiger charge is -2.38. The van der Waals surface area contributed by atoms with Crippen LogP contribution in [0.25, 0.3) is 0 Å². The van der Waals surface area contributed by atoms with Crippen LogP contribution < -0.4 is 19.9 Å². The molecule has 0 radical (unpaired) electrons. The summed E-state index contributed by atoms with van der Waals surface area (Å²) in [7, 11) is 0. The highest BCUT2D eigenvalue weighted by molar-refractivity contribution is 6.30. The second kappa shape index (κ2) is 16.2. The van der Waals surface area contributed by atoms with Gasteiger partial charge in [-0.05, 0) is 97.8 Å². The molecule has 0 spiro atoms. The van der Waals surface area contributed by atoms with E-state index in [2.05, 4.69) is 40.0 Å².